The molecular weight excluding hydrogens is 216 g/mol. The molecule has 0 aliphatic carbocycles. The van der Waals surface area contributed by atoms with Crippen LogP contribution in [0.2, 0.25) is 0 Å². The average molecular weight is 230 g/mol. The third kappa shape index (κ3) is 1.61. The van der Waals surface area contributed by atoms with Crippen LogP contribution in [-0.4, -0.2) is 5.16 Å². The Morgan fingerprint density at radius 1 is 1.29 bits per heavy atom. The monoisotopic (exact) mass is 230 g/mol. The van der Waals surface area contributed by atoms with Crippen molar-refractivity contribution in [2.45, 2.75) is 26.6 Å². The third-order valence-corrected chi connectivity index (χ3v) is 3.17. The van der Waals surface area contributed by atoms with Gasteiger partial charge in [0.15, 0.2) is 0 Å². The Hall–Kier alpha value is -1.81. The van der Waals surface area contributed by atoms with E-state index in [1.165, 1.54) is 11.1 Å². The van der Waals surface area contributed by atoms with E-state index < -0.39 is 0 Å². The second-order valence-electron chi connectivity index (χ2n) is 4.20. The molecule has 2 aromatic rings. The summed E-state index contributed by atoms with van der Waals surface area (Å²) >= 11 is 0. The lowest BCUT2D eigenvalue weighted by Gasteiger charge is -2.02. The van der Waals surface area contributed by atoms with Crippen molar-refractivity contribution >= 4 is 5.88 Å². The first-order valence-corrected chi connectivity index (χ1v) is 5.73. The molecule has 0 amide bonds. The molecule has 3 rings (SSSR count). The Balaban J connectivity index is 2.09. The van der Waals surface area contributed by atoms with Crippen LogP contribution < -0.4 is 5.73 Å². The Morgan fingerprint density at radius 3 is 2.94 bits per heavy atom. The van der Waals surface area contributed by atoms with Gasteiger partial charge in [0, 0.05) is 11.1 Å². The highest BCUT2D eigenvalue weighted by atomic mass is 16.5. The lowest BCUT2D eigenvalue weighted by atomic mass is 10.0. The van der Waals surface area contributed by atoms with Crippen LogP contribution in [0.1, 0.15) is 23.6 Å². The van der Waals surface area contributed by atoms with Crippen LogP contribution in [0.3, 0.4) is 0 Å². The van der Waals surface area contributed by atoms with Gasteiger partial charge in [-0.25, -0.2) is 0 Å². The molecule has 2 N–H and O–H groups in total. The molecule has 17 heavy (non-hydrogen) atoms. The number of aromatic nitrogens is 1. The summed E-state index contributed by atoms with van der Waals surface area (Å²) in [6, 6.07) is 6.24. The van der Waals surface area contributed by atoms with Crippen LogP contribution in [0.25, 0.3) is 11.3 Å². The van der Waals surface area contributed by atoms with Gasteiger partial charge in [-0.3, -0.25) is 0 Å². The molecule has 0 unspecified atom stereocenters. The molecule has 1 aliphatic rings. The first-order valence-electron chi connectivity index (χ1n) is 5.73. The van der Waals surface area contributed by atoms with Gasteiger partial charge in [-0.1, -0.05) is 24.2 Å². The number of nitrogens with zero attached hydrogens (tertiary/aromatic N) is 1. The zero-order chi connectivity index (χ0) is 11.8. The molecule has 0 radical (unpaired) electrons. The van der Waals surface area contributed by atoms with E-state index in [4.69, 9.17) is 15.0 Å². The highest BCUT2D eigenvalue weighted by Gasteiger charge is 2.17. The second kappa shape index (κ2) is 3.89. The number of rotatable bonds is 2. The summed E-state index contributed by atoms with van der Waals surface area (Å²) in [5.41, 5.74) is 11.1. The molecule has 1 aromatic heterocycles. The lowest BCUT2D eigenvalue weighted by Crippen LogP contribution is -1.91. The number of nitrogen functional groups attached to an aromatic ring is 1. The van der Waals surface area contributed by atoms with Gasteiger partial charge in [-0.2, -0.15) is 0 Å². The van der Waals surface area contributed by atoms with Crippen molar-refractivity contribution in [3.63, 3.8) is 0 Å². The van der Waals surface area contributed by atoms with Crippen molar-refractivity contribution in [1.82, 2.24) is 5.16 Å². The summed E-state index contributed by atoms with van der Waals surface area (Å²) in [6.07, 6.45) is 0.818. The Kier molecular flexibility index (Phi) is 2.37. The maximum Gasteiger partial charge on any atom is 0.225 e. The molecule has 0 bridgehead atoms. The van der Waals surface area contributed by atoms with Gasteiger partial charge in [0.2, 0.25) is 5.88 Å². The minimum absolute atomic E-state index is 0.416. The Labute approximate surface area is 99.4 Å². The summed E-state index contributed by atoms with van der Waals surface area (Å²) in [5, 5.41) is 4.04. The second-order valence-corrected chi connectivity index (χ2v) is 4.20. The number of hydrogen-bond acceptors (Lipinski definition) is 4. The van der Waals surface area contributed by atoms with Gasteiger partial charge in [-0.05, 0) is 23.6 Å². The molecule has 1 aromatic carbocycles. The largest absolute Gasteiger partial charge is 0.372 e. The van der Waals surface area contributed by atoms with Crippen LogP contribution >= 0.6 is 0 Å². The molecule has 4 nitrogen and oxygen atoms in total. The summed E-state index contributed by atoms with van der Waals surface area (Å²) in [4.78, 5) is 0. The van der Waals surface area contributed by atoms with E-state index in [2.05, 4.69) is 17.3 Å². The molecule has 0 saturated carbocycles. The van der Waals surface area contributed by atoms with E-state index in [1.54, 1.807) is 0 Å². The van der Waals surface area contributed by atoms with Crippen molar-refractivity contribution in [1.29, 1.82) is 0 Å². The zero-order valence-electron chi connectivity index (χ0n) is 9.69. The first-order chi connectivity index (χ1) is 8.29. The molecule has 4 heteroatoms. The number of anilines is 1. The molecule has 1 aliphatic heterocycles. The predicted octanol–water partition coefficient (Wildman–Crippen LogP) is 2.52. The zero-order valence-corrected chi connectivity index (χ0v) is 9.69. The minimum Gasteiger partial charge on any atom is -0.372 e. The SMILES string of the molecule is CCc1c(-c2ccc3c(c2)COC3)noc1N. The smallest absolute Gasteiger partial charge is 0.225 e. The van der Waals surface area contributed by atoms with Gasteiger partial charge >= 0.3 is 0 Å². The minimum atomic E-state index is 0.416. The molecule has 0 fully saturated rings. The number of nitrogens with two attached hydrogens (primary N) is 1. The van der Waals surface area contributed by atoms with Crippen LogP contribution in [0.4, 0.5) is 5.88 Å². The van der Waals surface area contributed by atoms with Gasteiger partial charge in [0.25, 0.3) is 0 Å². The van der Waals surface area contributed by atoms with E-state index in [-0.39, 0.29) is 0 Å². The van der Waals surface area contributed by atoms with Crippen LogP contribution in [0.5, 0.6) is 0 Å². The van der Waals surface area contributed by atoms with E-state index in [0.717, 1.165) is 23.2 Å². The van der Waals surface area contributed by atoms with Crippen molar-refractivity contribution in [2.75, 3.05) is 5.73 Å². The quantitative estimate of drug-likeness (QED) is 0.861. The summed E-state index contributed by atoms with van der Waals surface area (Å²) in [5.74, 6) is 0.416. The Morgan fingerprint density at radius 2 is 2.12 bits per heavy atom. The van der Waals surface area contributed by atoms with E-state index in [1.807, 2.05) is 13.0 Å². The third-order valence-electron chi connectivity index (χ3n) is 3.17. The van der Waals surface area contributed by atoms with Crippen LogP contribution in [0, 0.1) is 0 Å². The van der Waals surface area contributed by atoms with Gasteiger partial charge < -0.3 is 15.0 Å². The highest BCUT2D eigenvalue weighted by molar-refractivity contribution is 5.68. The number of benzene rings is 1. The Bertz CT molecular complexity index is 561. The van der Waals surface area contributed by atoms with Gasteiger partial charge in [0.05, 0.1) is 13.2 Å². The van der Waals surface area contributed by atoms with Crippen molar-refractivity contribution in [2.24, 2.45) is 0 Å². The molecule has 0 saturated heterocycles. The summed E-state index contributed by atoms with van der Waals surface area (Å²) in [6.45, 7) is 3.43. The standard InChI is InChI=1S/C13H14N2O2/c1-2-11-12(15-17-13(11)14)8-3-4-9-6-16-7-10(9)5-8/h3-5H,2,6-7,14H2,1H3. The average Bonchev–Trinajstić information content (AvgIpc) is 2.93. The summed E-state index contributed by atoms with van der Waals surface area (Å²) in [7, 11) is 0. The number of ether oxygens (including phenoxy) is 1. The number of hydrogen-bond donors (Lipinski definition) is 1. The number of fused-ring (bicyclic) bond motifs is 1. The first kappa shape index (κ1) is 10.4. The molecule has 2 heterocycles. The van der Waals surface area contributed by atoms with Crippen LogP contribution in [0.15, 0.2) is 22.7 Å². The molecule has 0 spiro atoms. The summed E-state index contributed by atoms with van der Waals surface area (Å²) < 4.78 is 10.5. The highest BCUT2D eigenvalue weighted by Crippen LogP contribution is 2.30. The maximum atomic E-state index is 5.75. The van der Waals surface area contributed by atoms with Gasteiger partial charge in [0.1, 0.15) is 5.69 Å². The van der Waals surface area contributed by atoms with E-state index >= 15 is 0 Å². The van der Waals surface area contributed by atoms with Gasteiger partial charge in [-0.15, -0.1) is 0 Å². The van der Waals surface area contributed by atoms with Crippen LogP contribution in [-0.2, 0) is 24.4 Å². The van der Waals surface area contributed by atoms with E-state index in [9.17, 15) is 0 Å². The van der Waals surface area contributed by atoms with Crippen molar-refractivity contribution in [3.05, 3.63) is 34.9 Å². The molecule has 0 atom stereocenters. The lowest BCUT2D eigenvalue weighted by molar-refractivity contribution is 0.134. The fourth-order valence-corrected chi connectivity index (χ4v) is 2.21. The fraction of sp³-hybridized carbons (Fsp3) is 0.308. The fourth-order valence-electron chi connectivity index (χ4n) is 2.21. The van der Waals surface area contributed by atoms with Crippen molar-refractivity contribution < 1.29 is 9.26 Å². The maximum absolute atomic E-state index is 5.75. The molecule has 88 valence electrons. The van der Waals surface area contributed by atoms with E-state index in [0.29, 0.717) is 19.1 Å². The normalized spacial score (nSPS) is 13.9. The van der Waals surface area contributed by atoms with Crippen molar-refractivity contribution in [3.8, 4) is 11.3 Å². The molecular formula is C13H14N2O2. The predicted molar refractivity (Wildman–Crippen MR) is 64.2 cm³/mol. The topological polar surface area (TPSA) is 61.3 Å².